The summed E-state index contributed by atoms with van der Waals surface area (Å²) in [5.41, 5.74) is 5.70. The number of aliphatic hydroxyl groups is 1. The van der Waals surface area contributed by atoms with Gasteiger partial charge in [0, 0.05) is 5.75 Å². The molecular formula is C14H26N4O6S. The van der Waals surface area contributed by atoms with Gasteiger partial charge < -0.3 is 31.9 Å². The number of hydrogen-bond acceptors (Lipinski definition) is 7. The highest BCUT2D eigenvalue weighted by molar-refractivity contribution is 7.80. The summed E-state index contributed by atoms with van der Waals surface area (Å²) in [5, 5.41) is 24.9. The highest BCUT2D eigenvalue weighted by Gasteiger charge is 2.30. The van der Waals surface area contributed by atoms with Crippen molar-refractivity contribution in [1.29, 1.82) is 0 Å². The number of thiol groups is 1. The van der Waals surface area contributed by atoms with Crippen LogP contribution in [0.1, 0.15) is 20.8 Å². The Kier molecular flexibility index (Phi) is 10.1. The largest absolute Gasteiger partial charge is 0.480 e. The average Bonchev–Trinajstić information content (AvgIpc) is 2.53. The van der Waals surface area contributed by atoms with Crippen molar-refractivity contribution in [3.05, 3.63) is 0 Å². The fraction of sp³-hybridized carbons (Fsp3) is 0.714. The lowest BCUT2D eigenvalue weighted by molar-refractivity contribution is -0.139. The van der Waals surface area contributed by atoms with Gasteiger partial charge in [0.1, 0.15) is 18.6 Å². The van der Waals surface area contributed by atoms with Crippen molar-refractivity contribution in [3.63, 3.8) is 0 Å². The molecule has 0 rings (SSSR count). The van der Waals surface area contributed by atoms with Crippen LogP contribution in [0, 0.1) is 5.92 Å². The molecule has 0 aliphatic carbocycles. The number of nitrogens with two attached hydrogens (primary N) is 1. The number of rotatable bonds is 10. The molecule has 0 bridgehead atoms. The number of hydrogen-bond donors (Lipinski definition) is 7. The fourth-order valence-corrected chi connectivity index (χ4v) is 1.95. The Morgan fingerprint density at radius 1 is 1.04 bits per heavy atom. The zero-order valence-electron chi connectivity index (χ0n) is 14.4. The predicted molar refractivity (Wildman–Crippen MR) is 92.9 cm³/mol. The van der Waals surface area contributed by atoms with E-state index in [9.17, 15) is 24.3 Å². The topological polar surface area (TPSA) is 171 Å². The smallest absolute Gasteiger partial charge is 0.322 e. The molecule has 0 aliphatic heterocycles. The summed E-state index contributed by atoms with van der Waals surface area (Å²) in [4.78, 5) is 46.5. The van der Waals surface area contributed by atoms with Crippen LogP contribution in [-0.2, 0) is 19.2 Å². The van der Waals surface area contributed by atoms with Gasteiger partial charge in [0.15, 0.2) is 0 Å². The van der Waals surface area contributed by atoms with Crippen molar-refractivity contribution in [2.45, 2.75) is 45.0 Å². The van der Waals surface area contributed by atoms with E-state index >= 15 is 0 Å². The summed E-state index contributed by atoms with van der Waals surface area (Å²) in [6, 6.07) is -3.28. The SMILES string of the molecule is CC(C)C(N)C(=O)NC(CS)C(=O)NC(C(=O)NCC(=O)O)C(C)O. The quantitative estimate of drug-likeness (QED) is 0.205. The molecule has 25 heavy (non-hydrogen) atoms. The second kappa shape index (κ2) is 10.9. The number of aliphatic carboxylic acids is 1. The molecule has 0 aromatic rings. The molecule has 4 atom stereocenters. The number of carbonyl (C=O) groups excluding carboxylic acids is 3. The molecule has 0 aromatic carbocycles. The summed E-state index contributed by atoms with van der Waals surface area (Å²) in [7, 11) is 0. The lowest BCUT2D eigenvalue weighted by Crippen LogP contribution is -2.59. The lowest BCUT2D eigenvalue weighted by Gasteiger charge is -2.25. The number of nitrogens with one attached hydrogen (secondary N) is 3. The zero-order valence-corrected chi connectivity index (χ0v) is 15.2. The molecule has 0 radical (unpaired) electrons. The van der Waals surface area contributed by atoms with Crippen LogP contribution in [0.2, 0.25) is 0 Å². The Balaban J connectivity index is 4.92. The van der Waals surface area contributed by atoms with Crippen LogP contribution in [0.3, 0.4) is 0 Å². The summed E-state index contributed by atoms with van der Waals surface area (Å²) in [5.74, 6) is -3.65. The maximum Gasteiger partial charge on any atom is 0.322 e. The van der Waals surface area contributed by atoms with Crippen LogP contribution < -0.4 is 21.7 Å². The predicted octanol–water partition coefficient (Wildman–Crippen LogP) is -2.55. The van der Waals surface area contributed by atoms with E-state index in [1.807, 2.05) is 0 Å². The molecule has 0 saturated carbocycles. The van der Waals surface area contributed by atoms with Crippen LogP contribution >= 0.6 is 12.6 Å². The van der Waals surface area contributed by atoms with E-state index < -0.39 is 54.5 Å². The van der Waals surface area contributed by atoms with Crippen molar-refractivity contribution < 1.29 is 29.4 Å². The highest BCUT2D eigenvalue weighted by atomic mass is 32.1. The minimum atomic E-state index is -1.38. The molecule has 0 heterocycles. The molecule has 7 N–H and O–H groups in total. The van der Waals surface area contributed by atoms with Crippen molar-refractivity contribution in [2.75, 3.05) is 12.3 Å². The van der Waals surface area contributed by atoms with Crippen LogP contribution in [0.25, 0.3) is 0 Å². The monoisotopic (exact) mass is 378 g/mol. The average molecular weight is 378 g/mol. The van der Waals surface area contributed by atoms with Crippen molar-refractivity contribution in [2.24, 2.45) is 11.7 Å². The van der Waals surface area contributed by atoms with Gasteiger partial charge in [-0.25, -0.2) is 0 Å². The van der Waals surface area contributed by atoms with Gasteiger partial charge in [0.2, 0.25) is 17.7 Å². The standard InChI is InChI=1S/C14H26N4O6S/c1-6(2)10(15)13(23)17-8(5-25)12(22)18-11(7(3)19)14(24)16-4-9(20)21/h6-8,10-11,19,25H,4-5,15H2,1-3H3,(H,16,24)(H,17,23)(H,18,22)(H,20,21). The van der Waals surface area contributed by atoms with Gasteiger partial charge in [0.25, 0.3) is 0 Å². The number of amides is 3. The molecule has 0 aromatic heterocycles. The van der Waals surface area contributed by atoms with Crippen molar-refractivity contribution in [1.82, 2.24) is 16.0 Å². The first-order valence-corrected chi connectivity index (χ1v) is 8.29. The maximum absolute atomic E-state index is 12.2. The first-order chi connectivity index (χ1) is 11.5. The molecule has 3 amide bonds. The second-order valence-electron chi connectivity index (χ2n) is 5.85. The Labute approximate surface area is 151 Å². The zero-order chi connectivity index (χ0) is 19.7. The molecule has 11 heteroatoms. The minimum absolute atomic E-state index is 0.0638. The third-order valence-electron chi connectivity index (χ3n) is 3.31. The molecular weight excluding hydrogens is 352 g/mol. The van der Waals surface area contributed by atoms with Crippen molar-refractivity contribution in [3.8, 4) is 0 Å². The third kappa shape index (κ3) is 8.18. The fourth-order valence-electron chi connectivity index (χ4n) is 1.70. The Morgan fingerprint density at radius 2 is 1.60 bits per heavy atom. The Hall–Kier alpha value is -1.85. The van der Waals surface area contributed by atoms with Crippen LogP contribution in [0.15, 0.2) is 0 Å². The van der Waals surface area contributed by atoms with Gasteiger partial charge in [-0.15, -0.1) is 0 Å². The molecule has 144 valence electrons. The van der Waals surface area contributed by atoms with E-state index in [0.717, 1.165) is 0 Å². The molecule has 0 fully saturated rings. The number of carboxylic acid groups (broad SMARTS) is 1. The van der Waals surface area contributed by atoms with Crippen LogP contribution in [0.4, 0.5) is 0 Å². The normalized spacial score (nSPS) is 15.6. The van der Waals surface area contributed by atoms with Gasteiger partial charge in [-0.1, -0.05) is 13.8 Å². The lowest BCUT2D eigenvalue weighted by atomic mass is 10.0. The van der Waals surface area contributed by atoms with Gasteiger partial charge in [-0.05, 0) is 12.8 Å². The van der Waals surface area contributed by atoms with E-state index in [2.05, 4.69) is 28.6 Å². The summed E-state index contributed by atoms with van der Waals surface area (Å²) in [6.07, 6.45) is -1.29. The number of carbonyl (C=O) groups is 4. The van der Waals surface area contributed by atoms with E-state index in [0.29, 0.717) is 0 Å². The van der Waals surface area contributed by atoms with Gasteiger partial charge in [-0.2, -0.15) is 12.6 Å². The summed E-state index contributed by atoms with van der Waals surface area (Å²) >= 11 is 3.99. The Bertz CT molecular complexity index is 500. The van der Waals surface area contributed by atoms with Crippen LogP contribution in [-0.4, -0.2) is 70.4 Å². The highest BCUT2D eigenvalue weighted by Crippen LogP contribution is 2.01. The first kappa shape index (κ1) is 23.1. The van der Waals surface area contributed by atoms with E-state index in [1.165, 1.54) is 6.92 Å². The number of carboxylic acids is 1. The summed E-state index contributed by atoms with van der Waals surface area (Å²) in [6.45, 7) is 4.09. The van der Waals surface area contributed by atoms with E-state index in [-0.39, 0.29) is 11.7 Å². The first-order valence-electron chi connectivity index (χ1n) is 7.66. The summed E-state index contributed by atoms with van der Waals surface area (Å²) < 4.78 is 0. The van der Waals surface area contributed by atoms with Crippen LogP contribution in [0.5, 0.6) is 0 Å². The third-order valence-corrected chi connectivity index (χ3v) is 3.68. The maximum atomic E-state index is 12.2. The van der Waals surface area contributed by atoms with Gasteiger partial charge in [0.05, 0.1) is 12.1 Å². The van der Waals surface area contributed by atoms with Gasteiger partial charge >= 0.3 is 5.97 Å². The molecule has 0 spiro atoms. The molecule has 0 aliphatic rings. The van der Waals surface area contributed by atoms with Gasteiger partial charge in [-0.3, -0.25) is 19.2 Å². The van der Waals surface area contributed by atoms with Crippen molar-refractivity contribution >= 4 is 36.3 Å². The minimum Gasteiger partial charge on any atom is -0.480 e. The van der Waals surface area contributed by atoms with E-state index in [1.54, 1.807) is 13.8 Å². The van der Waals surface area contributed by atoms with E-state index in [4.69, 9.17) is 10.8 Å². The Morgan fingerprint density at radius 3 is 2.00 bits per heavy atom. The second-order valence-corrected chi connectivity index (χ2v) is 6.22. The molecule has 4 unspecified atom stereocenters. The molecule has 10 nitrogen and oxygen atoms in total. The number of aliphatic hydroxyl groups excluding tert-OH is 1. The molecule has 0 saturated heterocycles.